The number of carboxylic acid groups (broad SMARTS) is 1. The summed E-state index contributed by atoms with van der Waals surface area (Å²) in [5.74, 6) is -3.29. The van der Waals surface area contributed by atoms with E-state index < -0.39 is 54.8 Å². The maximum atomic E-state index is 12.9. The lowest BCUT2D eigenvalue weighted by Gasteiger charge is -2.30. The van der Waals surface area contributed by atoms with Crippen LogP contribution in [0.1, 0.15) is 47.0 Å². The van der Waals surface area contributed by atoms with Crippen LogP contribution >= 0.6 is 0 Å². The van der Waals surface area contributed by atoms with Crippen molar-refractivity contribution in [2.45, 2.75) is 77.5 Å². The Hall–Kier alpha value is -2.28. The van der Waals surface area contributed by atoms with Gasteiger partial charge in [-0.25, -0.2) is 0 Å². The molecule has 8 N–H and O–H groups in total. The first-order valence-corrected chi connectivity index (χ1v) is 10.9. The van der Waals surface area contributed by atoms with Gasteiger partial charge in [0.1, 0.15) is 18.5 Å². The third-order valence-electron chi connectivity index (χ3n) is 4.97. The maximum absolute atomic E-state index is 12.9. The summed E-state index contributed by atoms with van der Waals surface area (Å²) in [6.07, 6.45) is -2.70. The van der Waals surface area contributed by atoms with Crippen LogP contribution in [-0.2, 0) is 19.2 Å². The van der Waals surface area contributed by atoms with Crippen LogP contribution in [0.4, 0.5) is 0 Å². The van der Waals surface area contributed by atoms with Crippen molar-refractivity contribution in [3.05, 3.63) is 0 Å². The van der Waals surface area contributed by atoms with Gasteiger partial charge in [0, 0.05) is 13.0 Å². The third-order valence-corrected chi connectivity index (χ3v) is 4.97. The number of nitrogens with one attached hydrogen (secondary N) is 5. The summed E-state index contributed by atoms with van der Waals surface area (Å²) in [6, 6.07) is -3.10. The van der Waals surface area contributed by atoms with Gasteiger partial charge in [-0.3, -0.25) is 29.8 Å². The topological polar surface area (TPSA) is 189 Å². The van der Waals surface area contributed by atoms with E-state index in [2.05, 4.69) is 26.6 Å². The molecule has 5 atom stereocenters. The van der Waals surface area contributed by atoms with E-state index in [0.29, 0.717) is 6.42 Å². The number of hydrogen-bond acceptors (Lipinski definition) is 8. The summed E-state index contributed by atoms with van der Waals surface area (Å²) in [4.78, 5) is 49.0. The Kier molecular flexibility index (Phi) is 11.5. The average Bonchev–Trinajstić information content (AvgIpc) is 2.67. The number of β-amino-alcohol motifs (C(OH)–C–C–N with tert-alkyl or cyclic N) is 1. The molecule has 0 spiro atoms. The highest BCUT2D eigenvalue weighted by molar-refractivity contribution is 5.92. The van der Waals surface area contributed by atoms with Crippen molar-refractivity contribution >= 4 is 23.7 Å². The van der Waals surface area contributed by atoms with E-state index in [1.165, 1.54) is 0 Å². The average molecular weight is 460 g/mol. The van der Waals surface area contributed by atoms with Crippen molar-refractivity contribution in [3.8, 4) is 0 Å². The lowest BCUT2D eigenvalue weighted by Crippen LogP contribution is -2.60. The zero-order chi connectivity index (χ0) is 24.4. The smallest absolute Gasteiger partial charge is 0.305 e. The Morgan fingerprint density at radius 1 is 1.06 bits per heavy atom. The Labute approximate surface area is 187 Å². The highest BCUT2D eigenvalue weighted by Crippen LogP contribution is 2.10. The number of carbonyl (C=O) groups is 4. The Morgan fingerprint density at radius 2 is 1.72 bits per heavy atom. The Morgan fingerprint density at radius 3 is 2.28 bits per heavy atom. The number of aliphatic carboxylic acids is 1. The van der Waals surface area contributed by atoms with Crippen LogP contribution in [0, 0.1) is 11.8 Å². The molecule has 1 aliphatic rings. The minimum atomic E-state index is -1.38. The van der Waals surface area contributed by atoms with E-state index in [9.17, 15) is 34.5 Å². The monoisotopic (exact) mass is 459 g/mol. The summed E-state index contributed by atoms with van der Waals surface area (Å²) in [5.41, 5.74) is 0. The highest BCUT2D eigenvalue weighted by atomic mass is 16.4. The normalized spacial score (nSPS) is 29.4. The van der Waals surface area contributed by atoms with Crippen molar-refractivity contribution in [2.75, 3.05) is 13.1 Å². The predicted octanol–water partition coefficient (Wildman–Crippen LogP) is -2.16. The summed E-state index contributed by atoms with van der Waals surface area (Å²) in [5, 5.41) is 42.9. The molecule has 0 aromatic rings. The van der Waals surface area contributed by atoms with Crippen molar-refractivity contribution in [1.82, 2.24) is 26.6 Å². The van der Waals surface area contributed by atoms with Gasteiger partial charge in [-0.15, -0.1) is 0 Å². The van der Waals surface area contributed by atoms with E-state index in [-0.39, 0.29) is 37.3 Å². The summed E-state index contributed by atoms with van der Waals surface area (Å²) in [6.45, 7) is 7.18. The lowest BCUT2D eigenvalue weighted by molar-refractivity contribution is -0.141. The third kappa shape index (κ3) is 9.90. The predicted molar refractivity (Wildman–Crippen MR) is 115 cm³/mol. The number of aliphatic hydroxyl groups is 2. The molecule has 32 heavy (non-hydrogen) atoms. The van der Waals surface area contributed by atoms with E-state index >= 15 is 0 Å². The second-order valence-corrected chi connectivity index (χ2v) is 8.76. The molecule has 0 aliphatic carbocycles. The summed E-state index contributed by atoms with van der Waals surface area (Å²) >= 11 is 0. The molecule has 0 aromatic carbocycles. The van der Waals surface area contributed by atoms with Crippen molar-refractivity contribution in [3.63, 3.8) is 0 Å². The molecule has 1 saturated heterocycles. The molecule has 0 saturated carbocycles. The molecule has 12 heteroatoms. The van der Waals surface area contributed by atoms with Crippen molar-refractivity contribution < 1.29 is 34.5 Å². The van der Waals surface area contributed by atoms with Crippen molar-refractivity contribution in [2.24, 2.45) is 11.8 Å². The van der Waals surface area contributed by atoms with Gasteiger partial charge >= 0.3 is 5.97 Å². The molecule has 3 amide bonds. The lowest BCUT2D eigenvalue weighted by atomic mass is 10.0. The first-order valence-electron chi connectivity index (χ1n) is 10.9. The van der Waals surface area contributed by atoms with Crippen LogP contribution in [0.3, 0.4) is 0 Å². The summed E-state index contributed by atoms with van der Waals surface area (Å²) < 4.78 is 0. The molecule has 0 unspecified atom stereocenters. The van der Waals surface area contributed by atoms with Gasteiger partial charge < -0.3 is 31.3 Å². The number of amides is 3. The summed E-state index contributed by atoms with van der Waals surface area (Å²) in [7, 11) is 0. The molecule has 1 rings (SSSR count). The largest absolute Gasteiger partial charge is 0.481 e. The van der Waals surface area contributed by atoms with E-state index in [0.717, 1.165) is 0 Å². The SMILES string of the molecule is CC(C)C[C@@H]1NC(=O)[C@H](CC(=O)O)NC(=O)[C@H](C(C)C)N[C@@H](O)CNC(=O)CCN[C@H]1O. The molecule has 184 valence electrons. The van der Waals surface area contributed by atoms with Crippen molar-refractivity contribution in [1.29, 1.82) is 0 Å². The van der Waals surface area contributed by atoms with Gasteiger partial charge in [0.25, 0.3) is 0 Å². The van der Waals surface area contributed by atoms with Gasteiger partial charge in [0.2, 0.25) is 17.7 Å². The number of carboxylic acids is 1. The molecule has 1 aliphatic heterocycles. The van der Waals surface area contributed by atoms with Crippen LogP contribution in [-0.4, -0.2) is 82.7 Å². The van der Waals surface area contributed by atoms with Crippen LogP contribution in [0.25, 0.3) is 0 Å². The molecular weight excluding hydrogens is 422 g/mol. The number of rotatable bonds is 5. The zero-order valence-corrected chi connectivity index (χ0v) is 19.1. The molecule has 0 radical (unpaired) electrons. The number of aliphatic hydroxyl groups excluding tert-OH is 2. The van der Waals surface area contributed by atoms with E-state index in [4.69, 9.17) is 0 Å². The molecular formula is C20H37N5O7. The van der Waals surface area contributed by atoms with Crippen LogP contribution in [0.15, 0.2) is 0 Å². The number of carbonyl (C=O) groups excluding carboxylic acids is 3. The molecule has 0 bridgehead atoms. The van der Waals surface area contributed by atoms with Gasteiger partial charge in [-0.2, -0.15) is 0 Å². The molecule has 1 fully saturated rings. The number of hydrogen-bond donors (Lipinski definition) is 8. The fraction of sp³-hybridized carbons (Fsp3) is 0.800. The molecule has 0 aromatic heterocycles. The Bertz CT molecular complexity index is 658. The van der Waals surface area contributed by atoms with Gasteiger partial charge in [-0.1, -0.05) is 27.7 Å². The quantitative estimate of drug-likeness (QED) is 0.226. The van der Waals surface area contributed by atoms with Gasteiger partial charge in [0.15, 0.2) is 0 Å². The minimum absolute atomic E-state index is 0.0157. The zero-order valence-electron chi connectivity index (χ0n) is 19.1. The second-order valence-electron chi connectivity index (χ2n) is 8.76. The minimum Gasteiger partial charge on any atom is -0.481 e. The van der Waals surface area contributed by atoms with E-state index in [1.54, 1.807) is 13.8 Å². The Balaban J connectivity index is 3.18. The van der Waals surface area contributed by atoms with E-state index in [1.807, 2.05) is 13.8 Å². The molecule has 1 heterocycles. The first kappa shape index (κ1) is 27.8. The van der Waals surface area contributed by atoms with Crippen LogP contribution in [0.2, 0.25) is 0 Å². The second kappa shape index (κ2) is 13.3. The highest BCUT2D eigenvalue weighted by Gasteiger charge is 2.32. The van der Waals surface area contributed by atoms with Gasteiger partial charge in [0.05, 0.1) is 25.0 Å². The fourth-order valence-corrected chi connectivity index (χ4v) is 3.32. The van der Waals surface area contributed by atoms with Crippen LogP contribution in [0.5, 0.6) is 0 Å². The first-order chi connectivity index (χ1) is 14.9. The maximum Gasteiger partial charge on any atom is 0.305 e. The van der Waals surface area contributed by atoms with Crippen LogP contribution < -0.4 is 26.6 Å². The fourth-order valence-electron chi connectivity index (χ4n) is 3.32. The van der Waals surface area contributed by atoms with Gasteiger partial charge in [-0.05, 0) is 18.3 Å². The standard InChI is InChI=1S/C20H37N5O7/c1-10(2)7-12-18(30)21-6-5-14(26)22-9-15(27)25-17(11(3)4)20(32)24-13(8-16(28)29)19(31)23-12/h10-13,15,17-18,21,25,27,30H,5-9H2,1-4H3,(H,22,26)(H,23,31)(H,24,32)(H,28,29)/t12-,13-,15-,17-,18-/m0/s1. The molecule has 12 nitrogen and oxygen atoms in total.